The lowest BCUT2D eigenvalue weighted by atomic mass is 10.1. The number of hydrogen-bond donors (Lipinski definition) is 0. The quantitative estimate of drug-likeness (QED) is 0.0199. The molecule has 0 aliphatic carbocycles. The minimum absolute atomic E-state index is 0.120. The van der Waals surface area contributed by atoms with Crippen LogP contribution >= 0.6 is 0 Å². The van der Waals surface area contributed by atoms with Gasteiger partial charge in [0, 0.05) is 19.3 Å². The third-order valence-electron chi connectivity index (χ3n) is 10.8. The van der Waals surface area contributed by atoms with Crippen LogP contribution in [0.4, 0.5) is 0 Å². The number of rotatable bonds is 46. The van der Waals surface area contributed by atoms with E-state index in [2.05, 4.69) is 136 Å². The van der Waals surface area contributed by atoms with E-state index in [1.165, 1.54) is 64.2 Å². The van der Waals surface area contributed by atoms with Gasteiger partial charge in [-0.05, 0) is 96.3 Å². The van der Waals surface area contributed by atoms with Crippen LogP contribution in [0.3, 0.4) is 0 Å². The SMILES string of the molecule is CC\C=C/C=C\C=C/CCCCCCCC(=O)OCC(COC(=O)CCCCCCC\C=C/C=C\C=C/C=C\CCCCC)OC(=O)CCC/C=C\C/C=C\C/C=C\CCCCCCCC. The van der Waals surface area contributed by atoms with E-state index < -0.39 is 6.10 Å². The summed E-state index contributed by atoms with van der Waals surface area (Å²) in [6.07, 6.45) is 73.3. The second-order valence-electron chi connectivity index (χ2n) is 17.2. The highest BCUT2D eigenvalue weighted by molar-refractivity contribution is 5.71. The molecule has 0 amide bonds. The van der Waals surface area contributed by atoms with E-state index in [0.29, 0.717) is 19.3 Å². The van der Waals surface area contributed by atoms with Crippen molar-refractivity contribution in [2.75, 3.05) is 13.2 Å². The van der Waals surface area contributed by atoms with Crippen molar-refractivity contribution in [2.24, 2.45) is 0 Å². The predicted octanol–water partition coefficient (Wildman–Crippen LogP) is 17.7. The van der Waals surface area contributed by atoms with Crippen molar-refractivity contribution in [3.8, 4) is 0 Å². The van der Waals surface area contributed by atoms with Gasteiger partial charge in [-0.2, -0.15) is 0 Å². The zero-order chi connectivity index (χ0) is 47.9. The van der Waals surface area contributed by atoms with E-state index in [1.54, 1.807) is 0 Å². The lowest BCUT2D eigenvalue weighted by molar-refractivity contribution is -0.167. The molecule has 0 heterocycles. The van der Waals surface area contributed by atoms with Gasteiger partial charge in [-0.25, -0.2) is 0 Å². The summed E-state index contributed by atoms with van der Waals surface area (Å²) in [5, 5.41) is 0. The molecule has 66 heavy (non-hydrogen) atoms. The third-order valence-corrected chi connectivity index (χ3v) is 10.8. The molecule has 6 nitrogen and oxygen atoms in total. The molecule has 1 atom stereocenters. The van der Waals surface area contributed by atoms with E-state index in [4.69, 9.17) is 14.2 Å². The molecule has 0 N–H and O–H groups in total. The number of unbranched alkanes of at least 4 members (excludes halogenated alkanes) is 20. The van der Waals surface area contributed by atoms with Crippen LogP contribution in [0, 0.1) is 0 Å². The summed E-state index contributed by atoms with van der Waals surface area (Å²) in [6.45, 7) is 6.36. The monoisotopic (exact) mass is 913 g/mol. The predicted molar refractivity (Wildman–Crippen MR) is 283 cm³/mol. The standard InChI is InChI=1S/C60H96O6/c1-4-7-10-13-16-19-22-25-27-29-31-32-35-38-41-44-47-50-53-59(62)65-56-57(55-64-58(61)52-49-46-43-40-37-34-24-21-18-15-12-9-6-3)66-60(63)54-51-48-45-42-39-36-33-30-28-26-23-20-17-14-11-8-5-2/h9,12,15-16,18-19,21-22,24-29,31-33,36,42,45,57H,4-8,10-11,13-14,17,20,23,30,34-35,37-41,43-44,46-56H2,1-3H3/b12-9-,18-15-,19-16-,24-21-,25-22-,28-26-,29-27-,32-31-,36-33-,45-42-. The van der Waals surface area contributed by atoms with E-state index >= 15 is 0 Å². The largest absolute Gasteiger partial charge is 0.462 e. The summed E-state index contributed by atoms with van der Waals surface area (Å²) < 4.78 is 16.7. The van der Waals surface area contributed by atoms with Crippen LogP contribution in [0.5, 0.6) is 0 Å². The van der Waals surface area contributed by atoms with Crippen LogP contribution in [0.15, 0.2) is 122 Å². The Labute approximate surface area is 405 Å². The molecule has 0 aliphatic heterocycles. The van der Waals surface area contributed by atoms with Crippen LogP contribution in [-0.4, -0.2) is 37.2 Å². The molecule has 0 spiro atoms. The minimum Gasteiger partial charge on any atom is -0.462 e. The third kappa shape index (κ3) is 50.8. The first-order valence-corrected chi connectivity index (χ1v) is 26.6. The lowest BCUT2D eigenvalue weighted by Gasteiger charge is -2.18. The maximum atomic E-state index is 12.8. The van der Waals surface area contributed by atoms with Gasteiger partial charge < -0.3 is 14.2 Å². The summed E-state index contributed by atoms with van der Waals surface area (Å²) in [7, 11) is 0. The van der Waals surface area contributed by atoms with Gasteiger partial charge in [-0.15, -0.1) is 0 Å². The minimum atomic E-state index is -0.826. The van der Waals surface area contributed by atoms with Crippen molar-refractivity contribution < 1.29 is 28.6 Å². The van der Waals surface area contributed by atoms with Gasteiger partial charge in [0.2, 0.25) is 0 Å². The molecular weight excluding hydrogens is 817 g/mol. The smallest absolute Gasteiger partial charge is 0.306 e. The van der Waals surface area contributed by atoms with Crippen LogP contribution in [-0.2, 0) is 28.6 Å². The Morgan fingerprint density at radius 2 is 0.667 bits per heavy atom. The summed E-state index contributed by atoms with van der Waals surface area (Å²) >= 11 is 0. The number of ether oxygens (including phenoxy) is 3. The topological polar surface area (TPSA) is 78.9 Å². The Kier molecular flexibility index (Phi) is 50.0. The second-order valence-corrected chi connectivity index (χ2v) is 17.2. The molecule has 0 aliphatic rings. The molecule has 0 fully saturated rings. The molecule has 0 aromatic rings. The summed E-state index contributed by atoms with van der Waals surface area (Å²) in [6, 6.07) is 0. The zero-order valence-corrected chi connectivity index (χ0v) is 42.4. The number of carbonyl (C=O) groups is 3. The van der Waals surface area contributed by atoms with Crippen molar-refractivity contribution in [1.82, 2.24) is 0 Å². The average molecular weight is 913 g/mol. The average Bonchev–Trinajstić information content (AvgIpc) is 3.31. The maximum Gasteiger partial charge on any atom is 0.306 e. The number of hydrogen-bond acceptors (Lipinski definition) is 6. The number of esters is 3. The highest BCUT2D eigenvalue weighted by Gasteiger charge is 2.19. The van der Waals surface area contributed by atoms with Crippen LogP contribution in [0.25, 0.3) is 0 Å². The summed E-state index contributed by atoms with van der Waals surface area (Å²) in [5.74, 6) is -1.02. The molecule has 0 aromatic heterocycles. The van der Waals surface area contributed by atoms with E-state index in [0.717, 1.165) is 109 Å². The summed E-state index contributed by atoms with van der Waals surface area (Å²) in [4.78, 5) is 38.0. The van der Waals surface area contributed by atoms with Gasteiger partial charge in [0.05, 0.1) is 0 Å². The molecule has 0 radical (unpaired) electrons. The van der Waals surface area contributed by atoms with E-state index in [1.807, 2.05) is 6.08 Å². The Morgan fingerprint density at radius 3 is 1.14 bits per heavy atom. The van der Waals surface area contributed by atoms with Gasteiger partial charge >= 0.3 is 17.9 Å². The zero-order valence-electron chi connectivity index (χ0n) is 42.4. The lowest BCUT2D eigenvalue weighted by Crippen LogP contribution is -2.30. The summed E-state index contributed by atoms with van der Waals surface area (Å²) in [5.41, 5.74) is 0. The fourth-order valence-corrected chi connectivity index (χ4v) is 6.82. The van der Waals surface area contributed by atoms with Crippen LogP contribution in [0.1, 0.15) is 220 Å². The first-order valence-electron chi connectivity index (χ1n) is 26.6. The highest BCUT2D eigenvalue weighted by Crippen LogP contribution is 2.12. The van der Waals surface area contributed by atoms with E-state index in [-0.39, 0.29) is 37.5 Å². The molecule has 0 aromatic carbocycles. The Bertz CT molecular complexity index is 1420. The van der Waals surface area contributed by atoms with Gasteiger partial charge in [0.1, 0.15) is 13.2 Å². The van der Waals surface area contributed by atoms with Crippen LogP contribution in [0.2, 0.25) is 0 Å². The van der Waals surface area contributed by atoms with E-state index in [9.17, 15) is 14.4 Å². The molecule has 6 heteroatoms. The van der Waals surface area contributed by atoms with Crippen molar-refractivity contribution in [2.45, 2.75) is 226 Å². The second kappa shape index (κ2) is 53.4. The van der Waals surface area contributed by atoms with Crippen molar-refractivity contribution in [1.29, 1.82) is 0 Å². The molecular formula is C60H96O6. The fourth-order valence-electron chi connectivity index (χ4n) is 6.82. The van der Waals surface area contributed by atoms with Crippen molar-refractivity contribution in [3.05, 3.63) is 122 Å². The first kappa shape index (κ1) is 61.8. The number of allylic oxidation sites excluding steroid dienone is 20. The number of carbonyl (C=O) groups excluding carboxylic acids is 3. The molecule has 0 bridgehead atoms. The molecule has 1 unspecified atom stereocenters. The van der Waals surface area contributed by atoms with Gasteiger partial charge in [-0.3, -0.25) is 14.4 Å². The van der Waals surface area contributed by atoms with Gasteiger partial charge in [0.25, 0.3) is 0 Å². The molecule has 0 rings (SSSR count). The van der Waals surface area contributed by atoms with Crippen LogP contribution < -0.4 is 0 Å². The van der Waals surface area contributed by atoms with Gasteiger partial charge in [0.15, 0.2) is 6.10 Å². The molecule has 372 valence electrons. The van der Waals surface area contributed by atoms with Crippen molar-refractivity contribution in [3.63, 3.8) is 0 Å². The van der Waals surface area contributed by atoms with Gasteiger partial charge in [-0.1, -0.05) is 226 Å². The maximum absolute atomic E-state index is 12.8. The Hall–Kier alpha value is -4.19. The van der Waals surface area contributed by atoms with Crippen molar-refractivity contribution >= 4 is 17.9 Å². The highest BCUT2D eigenvalue weighted by atomic mass is 16.6. The molecule has 0 saturated carbocycles. The normalized spacial score (nSPS) is 13.1. The first-order chi connectivity index (χ1) is 32.5. The molecule has 0 saturated heterocycles. The Morgan fingerprint density at radius 1 is 0.333 bits per heavy atom. The Balaban J connectivity index is 4.56. The fraction of sp³-hybridized carbons (Fsp3) is 0.617.